The van der Waals surface area contributed by atoms with Crippen LogP contribution in [0, 0.1) is 13.8 Å². The summed E-state index contributed by atoms with van der Waals surface area (Å²) in [6, 6.07) is 54.8. The largest absolute Gasteiger partial charge is 1.00 e. The molecule has 5 heteroatoms. The fourth-order valence-electron chi connectivity index (χ4n) is 8.33. The summed E-state index contributed by atoms with van der Waals surface area (Å²) >= 11 is 2.69. The summed E-state index contributed by atoms with van der Waals surface area (Å²) in [4.78, 5) is 5.61. The predicted molar refractivity (Wildman–Crippen MR) is 218 cm³/mol. The Labute approximate surface area is 343 Å². The Morgan fingerprint density at radius 1 is 0.415 bits per heavy atom. The van der Waals surface area contributed by atoms with Crippen molar-refractivity contribution in [3.05, 3.63) is 187 Å². The molecule has 0 bridgehead atoms. The van der Waals surface area contributed by atoms with Crippen LogP contribution in [0.15, 0.2) is 146 Å². The zero-order chi connectivity index (χ0) is 34.1. The average molecular weight is 837 g/mol. The molecule has 2 aliphatic rings. The van der Waals surface area contributed by atoms with E-state index in [9.17, 15) is 0 Å². The first kappa shape index (κ1) is 36.2. The molecule has 0 radical (unpaired) electrons. The Kier molecular flexibility index (Phi) is 10.1. The molecule has 256 valence electrons. The van der Waals surface area contributed by atoms with Crippen LogP contribution in [0.1, 0.15) is 49.0 Å². The Morgan fingerprint density at radius 3 is 1.25 bits per heavy atom. The number of hydrogen-bond acceptors (Lipinski definition) is 2. The molecule has 6 aromatic carbocycles. The van der Waals surface area contributed by atoms with Gasteiger partial charge < -0.3 is 24.8 Å². The molecular formula is C48H34Cl2S2Zr. The van der Waals surface area contributed by atoms with E-state index < -0.39 is 23.2 Å². The summed E-state index contributed by atoms with van der Waals surface area (Å²) in [5.74, 6) is 0. The minimum atomic E-state index is -1.22. The Hall–Kier alpha value is -3.82. The third-order valence-corrected chi connectivity index (χ3v) is 17.5. The number of hydrogen-bond donors (Lipinski definition) is 0. The predicted octanol–water partition coefficient (Wildman–Crippen LogP) is 8.05. The van der Waals surface area contributed by atoms with Crippen molar-refractivity contribution in [3.63, 3.8) is 0 Å². The standard InChI is InChI=1S/2C24H17S.2ClH.Zr/c2*1-16-12-13-24(25-16)19-14-18-8-5-11-22(23(18)15-19)21-10-4-7-17-6-2-3-9-20(17)21;;;/h2*2-15H,1H3;2*1H;/q;;;;+2/p-2. The quantitative estimate of drug-likeness (QED) is 0.159. The average Bonchev–Trinajstić information content (AvgIpc) is 3.97. The van der Waals surface area contributed by atoms with Gasteiger partial charge in [0.25, 0.3) is 0 Å². The fraction of sp³-hybridized carbons (Fsp3) is 0.0833. The number of benzene rings is 6. The molecule has 8 aromatic rings. The maximum atomic E-state index is 2.57. The van der Waals surface area contributed by atoms with Gasteiger partial charge in [-0.1, -0.05) is 0 Å². The Bertz CT molecular complexity index is 2530. The molecule has 0 aliphatic heterocycles. The van der Waals surface area contributed by atoms with E-state index in [1.165, 1.54) is 96.7 Å². The monoisotopic (exact) mass is 834 g/mol. The van der Waals surface area contributed by atoms with Gasteiger partial charge in [0.05, 0.1) is 0 Å². The van der Waals surface area contributed by atoms with Crippen molar-refractivity contribution >= 4 is 67.5 Å². The van der Waals surface area contributed by atoms with Crippen LogP contribution < -0.4 is 24.8 Å². The van der Waals surface area contributed by atoms with E-state index in [4.69, 9.17) is 0 Å². The molecule has 0 spiro atoms. The maximum absolute atomic E-state index is 2.57. The molecule has 0 fully saturated rings. The van der Waals surface area contributed by atoms with Crippen LogP contribution in [0.2, 0.25) is 0 Å². The second-order valence-corrected chi connectivity index (χ2v) is 20.0. The molecule has 53 heavy (non-hydrogen) atoms. The van der Waals surface area contributed by atoms with Gasteiger partial charge in [-0.05, 0) is 0 Å². The first-order chi connectivity index (χ1) is 25.1. The van der Waals surface area contributed by atoms with Crippen molar-refractivity contribution in [2.45, 2.75) is 21.1 Å². The van der Waals surface area contributed by atoms with Crippen LogP contribution in [-0.4, -0.2) is 0 Å². The van der Waals surface area contributed by atoms with Gasteiger partial charge in [-0.2, -0.15) is 0 Å². The molecule has 10 rings (SSSR count). The molecule has 2 atom stereocenters. The zero-order valence-electron chi connectivity index (χ0n) is 29.2. The van der Waals surface area contributed by atoms with Crippen LogP contribution in [0.25, 0.3) is 67.1 Å². The Balaban J connectivity index is 0.00000200. The normalized spacial score (nSPS) is 15.6. The number of fused-ring (bicyclic) bond motifs is 4. The molecule has 0 N–H and O–H groups in total. The summed E-state index contributed by atoms with van der Waals surface area (Å²) in [5.41, 5.74) is 14.3. The first-order valence-corrected chi connectivity index (χ1v) is 22.1. The van der Waals surface area contributed by atoms with Crippen LogP contribution in [0.5, 0.6) is 0 Å². The van der Waals surface area contributed by atoms with Gasteiger partial charge in [0.1, 0.15) is 0 Å². The molecule has 2 aromatic heterocycles. The number of thiophene rings is 2. The number of rotatable bonds is 6. The summed E-state index contributed by atoms with van der Waals surface area (Å²) in [7, 11) is 0. The smallest absolute Gasteiger partial charge is 1.00 e. The molecule has 0 nitrogen and oxygen atoms in total. The van der Waals surface area contributed by atoms with Gasteiger partial charge in [0, 0.05) is 0 Å². The van der Waals surface area contributed by atoms with Crippen LogP contribution in [0.3, 0.4) is 0 Å². The number of allylic oxidation sites excluding steroid dienone is 2. The fourth-order valence-corrected chi connectivity index (χ4v) is 15.7. The molecule has 0 saturated heterocycles. The van der Waals surface area contributed by atoms with Gasteiger partial charge in [-0.3, -0.25) is 0 Å². The molecular weight excluding hydrogens is 803 g/mol. The van der Waals surface area contributed by atoms with Crippen molar-refractivity contribution in [3.8, 4) is 22.3 Å². The summed E-state index contributed by atoms with van der Waals surface area (Å²) in [5, 5.41) is 5.23. The Morgan fingerprint density at radius 2 is 0.811 bits per heavy atom. The van der Waals surface area contributed by atoms with Crippen LogP contribution in [0.4, 0.5) is 0 Å². The first-order valence-electron chi connectivity index (χ1n) is 17.7. The van der Waals surface area contributed by atoms with Gasteiger partial charge in [0.2, 0.25) is 0 Å². The molecule has 0 saturated carbocycles. The second kappa shape index (κ2) is 14.8. The number of aryl methyl sites for hydroxylation is 2. The summed E-state index contributed by atoms with van der Waals surface area (Å²) < 4.78 is 0.886. The molecule has 2 heterocycles. The van der Waals surface area contributed by atoms with Crippen molar-refractivity contribution in [1.29, 1.82) is 0 Å². The second-order valence-electron chi connectivity index (χ2n) is 13.7. The van der Waals surface area contributed by atoms with Crippen molar-refractivity contribution < 1.29 is 48.0 Å². The third-order valence-electron chi connectivity index (χ3n) is 10.7. The van der Waals surface area contributed by atoms with E-state index in [2.05, 4.69) is 172 Å². The zero-order valence-corrected chi connectivity index (χ0v) is 34.8. The minimum Gasteiger partial charge on any atom is -1.00 e. The maximum Gasteiger partial charge on any atom is -1.00 e. The number of halogens is 2. The summed E-state index contributed by atoms with van der Waals surface area (Å²) in [6.45, 7) is 4.49. The van der Waals surface area contributed by atoms with Crippen LogP contribution >= 0.6 is 22.7 Å². The minimum absolute atomic E-state index is 0. The van der Waals surface area contributed by atoms with Crippen molar-refractivity contribution in [2.75, 3.05) is 0 Å². The van der Waals surface area contributed by atoms with E-state index in [0.29, 0.717) is 7.25 Å². The van der Waals surface area contributed by atoms with E-state index in [1.807, 2.05) is 22.7 Å². The van der Waals surface area contributed by atoms with Gasteiger partial charge in [-0.15, -0.1) is 0 Å². The van der Waals surface area contributed by atoms with E-state index in [0.717, 1.165) is 0 Å². The van der Waals surface area contributed by atoms with Crippen molar-refractivity contribution in [1.82, 2.24) is 0 Å². The summed E-state index contributed by atoms with van der Waals surface area (Å²) in [6.07, 6.45) is 5.15. The van der Waals surface area contributed by atoms with E-state index >= 15 is 0 Å². The van der Waals surface area contributed by atoms with Gasteiger partial charge in [-0.25, -0.2) is 0 Å². The topological polar surface area (TPSA) is 0 Å². The van der Waals surface area contributed by atoms with E-state index in [1.54, 1.807) is 0 Å². The van der Waals surface area contributed by atoms with Gasteiger partial charge in [0.15, 0.2) is 0 Å². The molecule has 0 amide bonds. The molecule has 2 aliphatic carbocycles. The van der Waals surface area contributed by atoms with E-state index in [-0.39, 0.29) is 24.8 Å². The van der Waals surface area contributed by atoms with Crippen LogP contribution in [-0.2, 0) is 23.2 Å². The van der Waals surface area contributed by atoms with Gasteiger partial charge >= 0.3 is 321 Å². The molecule has 2 unspecified atom stereocenters. The SMILES string of the molecule is Cc1ccc(C2=Cc3c(-c4cccc5ccccc45)cccc3[CH]2[Zr+2][CH]2C(c3ccc(C)s3)=Cc3c(-c4cccc5ccccc45)cccc32)s1.[Cl-].[Cl-]. The third kappa shape index (κ3) is 6.25. The van der Waals surface area contributed by atoms with Crippen molar-refractivity contribution in [2.24, 2.45) is 0 Å².